The van der Waals surface area contributed by atoms with E-state index in [1.165, 1.54) is 6.07 Å². The number of benzene rings is 1. The summed E-state index contributed by atoms with van der Waals surface area (Å²) in [7, 11) is -3.53. The first-order valence-corrected chi connectivity index (χ1v) is 8.99. The lowest BCUT2D eigenvalue weighted by molar-refractivity contribution is 0.114. The summed E-state index contributed by atoms with van der Waals surface area (Å²) in [6.45, 7) is 4.35. The first-order chi connectivity index (χ1) is 10.0. The van der Waals surface area contributed by atoms with E-state index in [1.807, 2.05) is 6.92 Å². The molecule has 1 aliphatic rings. The van der Waals surface area contributed by atoms with Gasteiger partial charge in [0, 0.05) is 24.7 Å². The van der Waals surface area contributed by atoms with E-state index in [0.29, 0.717) is 24.7 Å². The molecule has 0 saturated carbocycles. The second kappa shape index (κ2) is 7.56. The van der Waals surface area contributed by atoms with Crippen molar-refractivity contribution in [1.82, 2.24) is 10.0 Å². The van der Waals surface area contributed by atoms with Crippen molar-refractivity contribution in [2.24, 2.45) is 0 Å². The van der Waals surface area contributed by atoms with Crippen LogP contribution in [0.25, 0.3) is 0 Å². The Bertz CT molecular complexity index is 572. The van der Waals surface area contributed by atoms with Crippen LogP contribution in [0.1, 0.15) is 25.3 Å². The van der Waals surface area contributed by atoms with Crippen molar-refractivity contribution in [1.29, 1.82) is 0 Å². The van der Waals surface area contributed by atoms with Crippen LogP contribution in [0.4, 0.5) is 0 Å². The molecule has 0 radical (unpaired) electrons. The number of halogens is 1. The average Bonchev–Trinajstić information content (AvgIpc) is 2.97. The SMILES string of the molecule is CCNCc1cc(S(=O)(=O)NCC2CCCO2)ccc1Cl. The normalized spacial score (nSPS) is 19.0. The molecule has 1 aliphatic heterocycles. The highest BCUT2D eigenvalue weighted by Crippen LogP contribution is 2.21. The van der Waals surface area contributed by atoms with Gasteiger partial charge in [0.15, 0.2) is 0 Å². The molecule has 1 aromatic rings. The Labute approximate surface area is 131 Å². The van der Waals surface area contributed by atoms with Crippen molar-refractivity contribution in [2.45, 2.75) is 37.3 Å². The third kappa shape index (κ3) is 4.66. The smallest absolute Gasteiger partial charge is 0.240 e. The molecular weight excluding hydrogens is 312 g/mol. The number of sulfonamides is 1. The topological polar surface area (TPSA) is 67.4 Å². The zero-order valence-electron chi connectivity index (χ0n) is 12.1. The summed E-state index contributed by atoms with van der Waals surface area (Å²) >= 11 is 6.09. The van der Waals surface area contributed by atoms with E-state index in [2.05, 4.69) is 10.0 Å². The summed E-state index contributed by atoms with van der Waals surface area (Å²) in [5, 5.41) is 3.71. The van der Waals surface area contributed by atoms with Crippen LogP contribution in [0.5, 0.6) is 0 Å². The maximum atomic E-state index is 12.3. The van der Waals surface area contributed by atoms with Crippen LogP contribution in [0, 0.1) is 0 Å². The zero-order chi connectivity index (χ0) is 15.3. The maximum Gasteiger partial charge on any atom is 0.240 e. The van der Waals surface area contributed by atoms with Gasteiger partial charge >= 0.3 is 0 Å². The Morgan fingerprint density at radius 2 is 2.24 bits per heavy atom. The molecular formula is C14H21ClN2O3S. The van der Waals surface area contributed by atoms with Crippen LogP contribution in [-0.4, -0.2) is 34.2 Å². The first kappa shape index (κ1) is 16.7. The highest BCUT2D eigenvalue weighted by Gasteiger charge is 2.20. The van der Waals surface area contributed by atoms with E-state index in [1.54, 1.807) is 12.1 Å². The predicted octanol–water partition coefficient (Wildman–Crippen LogP) is 1.91. The summed E-state index contributed by atoms with van der Waals surface area (Å²) in [6, 6.07) is 4.76. The standard InChI is InChI=1S/C14H21ClN2O3S/c1-2-16-9-11-8-13(5-6-14(11)15)21(18,19)17-10-12-4-3-7-20-12/h5-6,8,12,16-17H,2-4,7,9-10H2,1H3. The monoisotopic (exact) mass is 332 g/mol. The second-order valence-electron chi connectivity index (χ2n) is 5.02. The minimum atomic E-state index is -3.53. The van der Waals surface area contributed by atoms with Crippen molar-refractivity contribution in [2.75, 3.05) is 19.7 Å². The first-order valence-electron chi connectivity index (χ1n) is 7.13. The lowest BCUT2D eigenvalue weighted by Gasteiger charge is -2.13. The Kier molecular flexibility index (Phi) is 6.01. The third-order valence-corrected chi connectivity index (χ3v) is 5.21. The summed E-state index contributed by atoms with van der Waals surface area (Å²) < 4.78 is 32.6. The Hall–Kier alpha value is -0.660. The van der Waals surface area contributed by atoms with Gasteiger partial charge in [-0.3, -0.25) is 0 Å². The molecule has 21 heavy (non-hydrogen) atoms. The van der Waals surface area contributed by atoms with Crippen molar-refractivity contribution in [3.05, 3.63) is 28.8 Å². The van der Waals surface area contributed by atoms with Gasteiger partial charge in [0.2, 0.25) is 10.0 Å². The molecule has 5 nitrogen and oxygen atoms in total. The summed E-state index contributed by atoms with van der Waals surface area (Å²) in [5.74, 6) is 0. The van der Waals surface area contributed by atoms with E-state index >= 15 is 0 Å². The molecule has 2 N–H and O–H groups in total. The summed E-state index contributed by atoms with van der Waals surface area (Å²) in [4.78, 5) is 0.234. The van der Waals surface area contributed by atoms with E-state index < -0.39 is 10.0 Å². The van der Waals surface area contributed by atoms with Crippen molar-refractivity contribution in [3.8, 4) is 0 Å². The number of nitrogens with one attached hydrogen (secondary N) is 2. The lowest BCUT2D eigenvalue weighted by atomic mass is 10.2. The molecule has 0 aromatic heterocycles. The molecule has 0 bridgehead atoms. The van der Waals surface area contributed by atoms with Gasteiger partial charge < -0.3 is 10.1 Å². The predicted molar refractivity (Wildman–Crippen MR) is 83.0 cm³/mol. The van der Waals surface area contributed by atoms with Gasteiger partial charge in [-0.2, -0.15) is 0 Å². The van der Waals surface area contributed by atoms with Gasteiger partial charge in [0.25, 0.3) is 0 Å². The van der Waals surface area contributed by atoms with Gasteiger partial charge in [-0.15, -0.1) is 0 Å². The fourth-order valence-corrected chi connectivity index (χ4v) is 3.51. The quantitative estimate of drug-likeness (QED) is 0.800. The van der Waals surface area contributed by atoms with Gasteiger partial charge in [-0.05, 0) is 43.1 Å². The van der Waals surface area contributed by atoms with Gasteiger partial charge in [0.1, 0.15) is 0 Å². The number of ether oxygens (including phenoxy) is 1. The molecule has 0 spiro atoms. The highest BCUT2D eigenvalue weighted by molar-refractivity contribution is 7.89. The molecule has 118 valence electrons. The molecule has 1 atom stereocenters. The van der Waals surface area contributed by atoms with E-state index in [0.717, 1.165) is 24.9 Å². The van der Waals surface area contributed by atoms with E-state index in [-0.39, 0.29) is 11.0 Å². The maximum absolute atomic E-state index is 12.3. The zero-order valence-corrected chi connectivity index (χ0v) is 13.6. The molecule has 0 aliphatic carbocycles. The van der Waals surface area contributed by atoms with Crippen LogP contribution in [0.3, 0.4) is 0 Å². The van der Waals surface area contributed by atoms with E-state index in [4.69, 9.17) is 16.3 Å². The fraction of sp³-hybridized carbons (Fsp3) is 0.571. The largest absolute Gasteiger partial charge is 0.377 e. The Balaban J connectivity index is 2.07. The van der Waals surface area contributed by atoms with Crippen LogP contribution >= 0.6 is 11.6 Å². The van der Waals surface area contributed by atoms with Gasteiger partial charge in [-0.25, -0.2) is 13.1 Å². The summed E-state index contributed by atoms with van der Waals surface area (Å²) in [6.07, 6.45) is 1.86. The van der Waals surface area contributed by atoms with Crippen LogP contribution < -0.4 is 10.0 Å². The van der Waals surface area contributed by atoms with Crippen LogP contribution in [0.15, 0.2) is 23.1 Å². The minimum Gasteiger partial charge on any atom is -0.377 e. The summed E-state index contributed by atoms with van der Waals surface area (Å²) in [5.41, 5.74) is 0.776. The molecule has 0 amide bonds. The van der Waals surface area contributed by atoms with Crippen molar-refractivity contribution >= 4 is 21.6 Å². The number of hydrogen-bond donors (Lipinski definition) is 2. The highest BCUT2D eigenvalue weighted by atomic mass is 35.5. The van der Waals surface area contributed by atoms with Crippen molar-refractivity contribution in [3.63, 3.8) is 0 Å². The van der Waals surface area contributed by atoms with Crippen LogP contribution in [0.2, 0.25) is 5.02 Å². The van der Waals surface area contributed by atoms with Crippen LogP contribution in [-0.2, 0) is 21.3 Å². The van der Waals surface area contributed by atoms with Gasteiger partial charge in [-0.1, -0.05) is 18.5 Å². The number of rotatable bonds is 7. The van der Waals surface area contributed by atoms with Gasteiger partial charge in [0.05, 0.1) is 11.0 Å². The fourth-order valence-electron chi connectivity index (χ4n) is 2.20. The van der Waals surface area contributed by atoms with E-state index in [9.17, 15) is 8.42 Å². The molecule has 1 saturated heterocycles. The van der Waals surface area contributed by atoms with Crippen molar-refractivity contribution < 1.29 is 13.2 Å². The molecule has 1 unspecified atom stereocenters. The molecule has 1 fully saturated rings. The Morgan fingerprint density at radius 3 is 2.90 bits per heavy atom. The average molecular weight is 333 g/mol. The molecule has 1 aromatic carbocycles. The molecule has 1 heterocycles. The minimum absolute atomic E-state index is 0.0201. The molecule has 2 rings (SSSR count). The Morgan fingerprint density at radius 1 is 1.43 bits per heavy atom. The lowest BCUT2D eigenvalue weighted by Crippen LogP contribution is -2.31. The second-order valence-corrected chi connectivity index (χ2v) is 7.19. The molecule has 7 heteroatoms. The number of hydrogen-bond acceptors (Lipinski definition) is 4. The third-order valence-electron chi connectivity index (χ3n) is 3.42.